The number of carbonyl (C=O) groups is 1. The highest BCUT2D eigenvalue weighted by Gasteiger charge is 2.19. The number of nitrogens with two attached hydrogens (primary N) is 1. The molecule has 0 aliphatic rings. The topological polar surface area (TPSA) is 60.1 Å². The fourth-order valence-corrected chi connectivity index (χ4v) is 3.28. The standard InChI is InChI=1S/C17H15Cl2N3O/c1-10-16(17(23)21-20)13-4-2-3-5-15(13)22(10)9-11-6-7-12(18)8-14(11)19/h2-8H,9,20H2,1H3,(H,21,23). The second-order valence-corrected chi connectivity index (χ2v) is 6.12. The quantitative estimate of drug-likeness (QED) is 0.428. The second kappa shape index (κ2) is 6.24. The van der Waals surface area contributed by atoms with Gasteiger partial charge in [-0.15, -0.1) is 0 Å². The van der Waals surface area contributed by atoms with Gasteiger partial charge in [-0.2, -0.15) is 0 Å². The molecule has 3 rings (SSSR count). The van der Waals surface area contributed by atoms with Crippen molar-refractivity contribution in [1.82, 2.24) is 9.99 Å². The van der Waals surface area contributed by atoms with Gasteiger partial charge in [0, 0.05) is 33.2 Å². The molecule has 6 heteroatoms. The van der Waals surface area contributed by atoms with E-state index in [1.54, 1.807) is 12.1 Å². The molecule has 2 aromatic carbocycles. The summed E-state index contributed by atoms with van der Waals surface area (Å²) in [6, 6.07) is 13.1. The van der Waals surface area contributed by atoms with Crippen LogP contribution in [-0.2, 0) is 6.54 Å². The lowest BCUT2D eigenvalue weighted by Gasteiger charge is -2.11. The molecule has 0 atom stereocenters. The molecule has 0 unspecified atom stereocenters. The largest absolute Gasteiger partial charge is 0.340 e. The van der Waals surface area contributed by atoms with Gasteiger partial charge >= 0.3 is 0 Å². The molecule has 1 amide bonds. The monoisotopic (exact) mass is 347 g/mol. The number of hydrogen-bond acceptors (Lipinski definition) is 2. The molecule has 3 N–H and O–H groups in total. The van der Waals surface area contributed by atoms with Gasteiger partial charge in [0.15, 0.2) is 0 Å². The predicted molar refractivity (Wildman–Crippen MR) is 93.9 cm³/mol. The van der Waals surface area contributed by atoms with Crippen molar-refractivity contribution in [2.24, 2.45) is 5.84 Å². The van der Waals surface area contributed by atoms with E-state index in [1.807, 2.05) is 37.3 Å². The summed E-state index contributed by atoms with van der Waals surface area (Å²) >= 11 is 12.2. The van der Waals surface area contributed by atoms with Crippen LogP contribution in [0, 0.1) is 6.92 Å². The molecule has 0 saturated heterocycles. The van der Waals surface area contributed by atoms with E-state index in [2.05, 4.69) is 9.99 Å². The SMILES string of the molecule is Cc1c(C(=O)NN)c2ccccc2n1Cc1ccc(Cl)cc1Cl. The van der Waals surface area contributed by atoms with E-state index in [4.69, 9.17) is 29.0 Å². The molecular weight excluding hydrogens is 333 g/mol. The molecule has 118 valence electrons. The van der Waals surface area contributed by atoms with Crippen molar-refractivity contribution in [2.75, 3.05) is 0 Å². The van der Waals surface area contributed by atoms with E-state index in [-0.39, 0.29) is 5.91 Å². The lowest BCUT2D eigenvalue weighted by Crippen LogP contribution is -2.30. The van der Waals surface area contributed by atoms with E-state index in [9.17, 15) is 4.79 Å². The number of hydrogen-bond donors (Lipinski definition) is 2. The molecule has 23 heavy (non-hydrogen) atoms. The molecule has 1 heterocycles. The van der Waals surface area contributed by atoms with E-state index < -0.39 is 0 Å². The Hall–Kier alpha value is -2.01. The number of halogens is 2. The number of rotatable bonds is 3. The summed E-state index contributed by atoms with van der Waals surface area (Å²) in [7, 11) is 0. The third kappa shape index (κ3) is 2.81. The van der Waals surface area contributed by atoms with Crippen LogP contribution in [0.1, 0.15) is 21.6 Å². The zero-order chi connectivity index (χ0) is 16.6. The Morgan fingerprint density at radius 2 is 1.96 bits per heavy atom. The lowest BCUT2D eigenvalue weighted by atomic mass is 10.1. The summed E-state index contributed by atoms with van der Waals surface area (Å²) in [5.41, 5.74) is 5.51. The summed E-state index contributed by atoms with van der Waals surface area (Å²) in [6.45, 7) is 2.44. The molecule has 1 aromatic heterocycles. The summed E-state index contributed by atoms with van der Waals surface area (Å²) in [5.74, 6) is 5.02. The second-order valence-electron chi connectivity index (χ2n) is 5.27. The normalized spacial score (nSPS) is 11.0. The van der Waals surface area contributed by atoms with Crippen molar-refractivity contribution >= 4 is 40.0 Å². The Labute approximate surface area is 143 Å². The molecule has 3 aromatic rings. The first kappa shape index (κ1) is 15.9. The molecule has 0 fully saturated rings. The first-order valence-electron chi connectivity index (χ1n) is 7.05. The number of nitrogens with one attached hydrogen (secondary N) is 1. The smallest absolute Gasteiger partial charge is 0.267 e. The number of para-hydroxylation sites is 1. The number of nitrogen functional groups attached to an aromatic ring is 1. The van der Waals surface area contributed by atoms with Crippen molar-refractivity contribution in [2.45, 2.75) is 13.5 Å². The Bertz CT molecular complexity index is 902. The van der Waals surface area contributed by atoms with Crippen LogP contribution in [0.4, 0.5) is 0 Å². The Kier molecular flexibility index (Phi) is 4.31. The van der Waals surface area contributed by atoms with Gasteiger partial charge in [-0.25, -0.2) is 5.84 Å². The molecule has 0 saturated carbocycles. The minimum atomic E-state index is -0.306. The van der Waals surface area contributed by atoms with Crippen LogP contribution >= 0.6 is 23.2 Å². The van der Waals surface area contributed by atoms with Crippen molar-refractivity contribution in [3.63, 3.8) is 0 Å². The molecule has 0 spiro atoms. The van der Waals surface area contributed by atoms with Crippen molar-refractivity contribution in [3.05, 3.63) is 69.3 Å². The number of hydrazine groups is 1. The summed E-state index contributed by atoms with van der Waals surface area (Å²) in [5, 5.41) is 2.05. The number of aromatic nitrogens is 1. The van der Waals surface area contributed by atoms with Crippen LogP contribution in [-0.4, -0.2) is 10.5 Å². The number of nitrogens with zero attached hydrogens (tertiary/aromatic N) is 1. The fourth-order valence-electron chi connectivity index (χ4n) is 2.81. The Balaban J connectivity index is 2.17. The highest BCUT2D eigenvalue weighted by atomic mass is 35.5. The molecule has 0 aliphatic heterocycles. The average molecular weight is 348 g/mol. The maximum Gasteiger partial charge on any atom is 0.267 e. The number of fused-ring (bicyclic) bond motifs is 1. The van der Waals surface area contributed by atoms with Crippen LogP contribution in [0.15, 0.2) is 42.5 Å². The zero-order valence-electron chi connectivity index (χ0n) is 12.4. The van der Waals surface area contributed by atoms with E-state index in [0.29, 0.717) is 22.2 Å². The van der Waals surface area contributed by atoms with Gasteiger partial charge < -0.3 is 4.57 Å². The van der Waals surface area contributed by atoms with Crippen LogP contribution < -0.4 is 11.3 Å². The number of carbonyl (C=O) groups excluding carboxylic acids is 1. The lowest BCUT2D eigenvalue weighted by molar-refractivity contribution is 0.0954. The number of benzene rings is 2. The van der Waals surface area contributed by atoms with Gasteiger partial charge in [0.1, 0.15) is 0 Å². The van der Waals surface area contributed by atoms with Gasteiger partial charge in [-0.1, -0.05) is 47.5 Å². The Morgan fingerprint density at radius 3 is 2.65 bits per heavy atom. The van der Waals surface area contributed by atoms with Gasteiger partial charge in [0.25, 0.3) is 5.91 Å². The summed E-state index contributed by atoms with van der Waals surface area (Å²) in [6.07, 6.45) is 0. The fraction of sp³-hybridized carbons (Fsp3) is 0.118. The third-order valence-electron chi connectivity index (χ3n) is 3.93. The maximum atomic E-state index is 12.1. The summed E-state index contributed by atoms with van der Waals surface area (Å²) < 4.78 is 2.05. The van der Waals surface area contributed by atoms with Crippen LogP contribution in [0.5, 0.6) is 0 Å². The zero-order valence-corrected chi connectivity index (χ0v) is 13.9. The van der Waals surface area contributed by atoms with Crippen molar-refractivity contribution in [3.8, 4) is 0 Å². The molecule has 0 radical (unpaired) electrons. The van der Waals surface area contributed by atoms with Gasteiger partial charge in [0.05, 0.1) is 5.56 Å². The highest BCUT2D eigenvalue weighted by molar-refractivity contribution is 6.35. The Morgan fingerprint density at radius 1 is 1.22 bits per heavy atom. The van der Waals surface area contributed by atoms with Crippen LogP contribution in [0.3, 0.4) is 0 Å². The maximum absolute atomic E-state index is 12.1. The first-order valence-corrected chi connectivity index (χ1v) is 7.81. The van der Waals surface area contributed by atoms with Crippen molar-refractivity contribution < 1.29 is 4.79 Å². The molecular formula is C17H15Cl2N3O. The van der Waals surface area contributed by atoms with Crippen molar-refractivity contribution in [1.29, 1.82) is 0 Å². The van der Waals surface area contributed by atoms with Crippen LogP contribution in [0.25, 0.3) is 10.9 Å². The summed E-state index contributed by atoms with van der Waals surface area (Å²) in [4.78, 5) is 12.1. The minimum absolute atomic E-state index is 0.306. The molecule has 4 nitrogen and oxygen atoms in total. The molecule has 0 bridgehead atoms. The van der Waals surface area contributed by atoms with E-state index in [1.165, 1.54) is 0 Å². The third-order valence-corrected chi connectivity index (χ3v) is 4.52. The highest BCUT2D eigenvalue weighted by Crippen LogP contribution is 2.29. The first-order chi connectivity index (χ1) is 11.0. The average Bonchev–Trinajstić information content (AvgIpc) is 2.81. The van der Waals surface area contributed by atoms with Gasteiger partial charge in [-0.05, 0) is 30.7 Å². The van der Waals surface area contributed by atoms with E-state index in [0.717, 1.165) is 22.2 Å². The predicted octanol–water partition coefficient (Wildman–Crippen LogP) is 3.91. The van der Waals surface area contributed by atoms with Crippen LogP contribution in [0.2, 0.25) is 10.0 Å². The van der Waals surface area contributed by atoms with Gasteiger partial charge in [-0.3, -0.25) is 10.2 Å². The minimum Gasteiger partial charge on any atom is -0.340 e. The van der Waals surface area contributed by atoms with Gasteiger partial charge in [0.2, 0.25) is 0 Å². The number of amides is 1. The molecule has 0 aliphatic carbocycles. The van der Waals surface area contributed by atoms with E-state index >= 15 is 0 Å².